The van der Waals surface area contributed by atoms with Crippen molar-refractivity contribution in [3.63, 3.8) is 0 Å². The number of nitrogens with one attached hydrogen (secondary N) is 1. The zero-order valence-corrected chi connectivity index (χ0v) is 14.7. The topological polar surface area (TPSA) is 47.6 Å². The Morgan fingerprint density at radius 3 is 2.38 bits per heavy atom. The molecule has 1 atom stereocenters. The van der Waals surface area contributed by atoms with Crippen LogP contribution in [0.4, 0.5) is 0 Å². The van der Waals surface area contributed by atoms with Crippen LogP contribution < -0.4 is 14.8 Å². The molecule has 0 aliphatic carbocycles. The molecule has 1 amide bonds. The van der Waals surface area contributed by atoms with E-state index in [1.54, 1.807) is 14.0 Å². The first-order valence-electron chi connectivity index (χ1n) is 8.17. The maximum atomic E-state index is 12.2. The Morgan fingerprint density at radius 1 is 1.04 bits per heavy atom. The fraction of sp³-hybridized carbons (Fsp3) is 0.350. The number of carbonyl (C=O) groups is 1. The maximum Gasteiger partial charge on any atom is 0.261 e. The molecular formula is C20H25NO3. The third kappa shape index (κ3) is 5.01. The van der Waals surface area contributed by atoms with Gasteiger partial charge in [-0.2, -0.15) is 0 Å². The van der Waals surface area contributed by atoms with Gasteiger partial charge in [0.15, 0.2) is 6.10 Å². The lowest BCUT2D eigenvalue weighted by atomic mass is 10.0. The summed E-state index contributed by atoms with van der Waals surface area (Å²) in [5.41, 5.74) is 2.21. The molecule has 0 saturated heterocycles. The summed E-state index contributed by atoms with van der Waals surface area (Å²) in [6.45, 7) is 6.47. The first kappa shape index (κ1) is 17.9. The van der Waals surface area contributed by atoms with E-state index in [0.29, 0.717) is 18.2 Å². The number of benzene rings is 2. The van der Waals surface area contributed by atoms with E-state index < -0.39 is 6.10 Å². The van der Waals surface area contributed by atoms with Gasteiger partial charge in [0.05, 0.1) is 7.11 Å². The quantitative estimate of drug-likeness (QED) is 0.839. The van der Waals surface area contributed by atoms with Gasteiger partial charge in [-0.15, -0.1) is 0 Å². The molecule has 128 valence electrons. The van der Waals surface area contributed by atoms with Gasteiger partial charge in [-0.1, -0.05) is 38.1 Å². The predicted octanol–water partition coefficient (Wildman–Crippen LogP) is 3.90. The van der Waals surface area contributed by atoms with E-state index >= 15 is 0 Å². The summed E-state index contributed by atoms with van der Waals surface area (Å²) >= 11 is 0. The van der Waals surface area contributed by atoms with Gasteiger partial charge in [0, 0.05) is 6.54 Å². The number of ether oxygens (including phenoxy) is 2. The molecule has 4 nitrogen and oxygen atoms in total. The van der Waals surface area contributed by atoms with Crippen LogP contribution >= 0.6 is 0 Å². The lowest BCUT2D eigenvalue weighted by Gasteiger charge is -2.16. The van der Waals surface area contributed by atoms with Crippen LogP contribution in [0.3, 0.4) is 0 Å². The third-order valence-electron chi connectivity index (χ3n) is 3.83. The van der Waals surface area contributed by atoms with Crippen molar-refractivity contribution in [1.29, 1.82) is 0 Å². The van der Waals surface area contributed by atoms with Crippen LogP contribution in [-0.4, -0.2) is 19.1 Å². The largest absolute Gasteiger partial charge is 0.497 e. The Hall–Kier alpha value is -2.49. The summed E-state index contributed by atoms with van der Waals surface area (Å²) in [5.74, 6) is 1.80. The van der Waals surface area contributed by atoms with Gasteiger partial charge in [0.1, 0.15) is 11.5 Å². The molecule has 1 N–H and O–H groups in total. The summed E-state index contributed by atoms with van der Waals surface area (Å²) in [5, 5.41) is 2.89. The monoisotopic (exact) mass is 327 g/mol. The second kappa shape index (κ2) is 8.39. The summed E-state index contributed by atoms with van der Waals surface area (Å²) < 4.78 is 10.9. The second-order valence-corrected chi connectivity index (χ2v) is 6.05. The number of rotatable bonds is 7. The lowest BCUT2D eigenvalue weighted by molar-refractivity contribution is -0.127. The van der Waals surface area contributed by atoms with Gasteiger partial charge >= 0.3 is 0 Å². The number of hydrogen-bond acceptors (Lipinski definition) is 3. The van der Waals surface area contributed by atoms with Crippen molar-refractivity contribution in [2.75, 3.05) is 7.11 Å². The van der Waals surface area contributed by atoms with Gasteiger partial charge in [-0.25, -0.2) is 0 Å². The summed E-state index contributed by atoms with van der Waals surface area (Å²) in [7, 11) is 1.63. The molecule has 2 aromatic carbocycles. The Balaban J connectivity index is 1.88. The van der Waals surface area contributed by atoms with E-state index in [2.05, 4.69) is 25.2 Å². The van der Waals surface area contributed by atoms with E-state index in [4.69, 9.17) is 9.47 Å². The molecule has 1 unspecified atom stereocenters. The normalized spacial score (nSPS) is 11.9. The molecule has 0 aliphatic heterocycles. The highest BCUT2D eigenvalue weighted by Gasteiger charge is 2.14. The van der Waals surface area contributed by atoms with Crippen LogP contribution in [0, 0.1) is 0 Å². The van der Waals surface area contributed by atoms with Crippen LogP contribution in [0.1, 0.15) is 37.8 Å². The Labute approximate surface area is 143 Å². The van der Waals surface area contributed by atoms with Crippen molar-refractivity contribution < 1.29 is 14.3 Å². The van der Waals surface area contributed by atoms with Crippen molar-refractivity contribution in [1.82, 2.24) is 5.32 Å². The highest BCUT2D eigenvalue weighted by atomic mass is 16.5. The standard InChI is InChI=1S/C20H25NO3/c1-14(2)17-6-5-7-19(12-17)24-15(3)20(22)21-13-16-8-10-18(23-4)11-9-16/h5-12,14-15H,13H2,1-4H3,(H,21,22). The minimum Gasteiger partial charge on any atom is -0.497 e. The number of carbonyl (C=O) groups excluding carboxylic acids is 1. The average molecular weight is 327 g/mol. The van der Waals surface area contributed by atoms with Crippen molar-refractivity contribution in [3.05, 3.63) is 59.7 Å². The molecule has 2 rings (SSSR count). The van der Waals surface area contributed by atoms with Crippen molar-refractivity contribution in [2.45, 2.75) is 39.3 Å². The van der Waals surface area contributed by atoms with Gasteiger partial charge in [0.25, 0.3) is 5.91 Å². The average Bonchev–Trinajstić information content (AvgIpc) is 2.60. The van der Waals surface area contributed by atoms with Crippen LogP contribution in [0.15, 0.2) is 48.5 Å². The zero-order valence-electron chi connectivity index (χ0n) is 14.7. The van der Waals surface area contributed by atoms with Crippen LogP contribution in [0.2, 0.25) is 0 Å². The number of methoxy groups -OCH3 is 1. The minimum absolute atomic E-state index is 0.138. The van der Waals surface area contributed by atoms with Gasteiger partial charge < -0.3 is 14.8 Å². The van der Waals surface area contributed by atoms with Crippen LogP contribution in [0.25, 0.3) is 0 Å². The zero-order chi connectivity index (χ0) is 17.5. The van der Waals surface area contributed by atoms with E-state index in [9.17, 15) is 4.79 Å². The highest BCUT2D eigenvalue weighted by Crippen LogP contribution is 2.21. The smallest absolute Gasteiger partial charge is 0.261 e. The van der Waals surface area contributed by atoms with E-state index in [-0.39, 0.29) is 5.91 Å². The molecule has 0 heterocycles. The second-order valence-electron chi connectivity index (χ2n) is 6.05. The van der Waals surface area contributed by atoms with Crippen molar-refractivity contribution >= 4 is 5.91 Å². The number of amides is 1. The van der Waals surface area contributed by atoms with Crippen molar-refractivity contribution in [3.8, 4) is 11.5 Å². The predicted molar refractivity (Wildman–Crippen MR) is 95.5 cm³/mol. The third-order valence-corrected chi connectivity index (χ3v) is 3.83. The molecule has 0 fully saturated rings. The summed E-state index contributed by atoms with van der Waals surface area (Å²) in [6, 6.07) is 15.5. The van der Waals surface area contributed by atoms with Gasteiger partial charge in [-0.3, -0.25) is 4.79 Å². The minimum atomic E-state index is -0.550. The molecule has 0 spiro atoms. The molecule has 0 aromatic heterocycles. The molecule has 0 saturated carbocycles. The number of hydrogen-bond donors (Lipinski definition) is 1. The Bertz CT molecular complexity index is 665. The van der Waals surface area contributed by atoms with Gasteiger partial charge in [0.2, 0.25) is 0 Å². The highest BCUT2D eigenvalue weighted by molar-refractivity contribution is 5.80. The molecule has 0 aliphatic rings. The molecule has 2 aromatic rings. The Kier molecular flexibility index (Phi) is 6.24. The molecule has 0 bridgehead atoms. The fourth-order valence-corrected chi connectivity index (χ4v) is 2.28. The first-order valence-corrected chi connectivity index (χ1v) is 8.17. The van der Waals surface area contributed by atoms with Crippen LogP contribution in [-0.2, 0) is 11.3 Å². The fourth-order valence-electron chi connectivity index (χ4n) is 2.28. The van der Waals surface area contributed by atoms with Crippen LogP contribution in [0.5, 0.6) is 11.5 Å². The summed E-state index contributed by atoms with van der Waals surface area (Å²) in [6.07, 6.45) is -0.550. The molecular weight excluding hydrogens is 302 g/mol. The SMILES string of the molecule is COc1ccc(CNC(=O)C(C)Oc2cccc(C(C)C)c2)cc1. The van der Waals surface area contributed by atoms with E-state index in [1.807, 2.05) is 42.5 Å². The molecule has 24 heavy (non-hydrogen) atoms. The molecule has 4 heteroatoms. The van der Waals surface area contributed by atoms with E-state index in [1.165, 1.54) is 5.56 Å². The lowest BCUT2D eigenvalue weighted by Crippen LogP contribution is -2.35. The Morgan fingerprint density at radius 2 is 1.75 bits per heavy atom. The van der Waals surface area contributed by atoms with Gasteiger partial charge in [-0.05, 0) is 48.2 Å². The van der Waals surface area contributed by atoms with E-state index in [0.717, 1.165) is 11.3 Å². The maximum absolute atomic E-state index is 12.2. The summed E-state index contributed by atoms with van der Waals surface area (Å²) in [4.78, 5) is 12.2. The first-order chi connectivity index (χ1) is 11.5. The van der Waals surface area contributed by atoms with Crippen molar-refractivity contribution in [2.24, 2.45) is 0 Å². The molecule has 0 radical (unpaired) electrons.